The Kier molecular flexibility index (Phi) is 3.74. The van der Waals surface area contributed by atoms with Gasteiger partial charge in [-0.2, -0.15) is 0 Å². The summed E-state index contributed by atoms with van der Waals surface area (Å²) in [4.78, 5) is 15.0. The Hall–Kier alpha value is -2.78. The Morgan fingerprint density at radius 2 is 1.72 bits per heavy atom. The van der Waals surface area contributed by atoms with E-state index in [1.165, 1.54) is 12.1 Å². The summed E-state index contributed by atoms with van der Waals surface area (Å²) in [5.41, 5.74) is 4.54. The maximum Gasteiger partial charge on any atom is 0.258 e. The summed E-state index contributed by atoms with van der Waals surface area (Å²) in [6, 6.07) is 19.9. The van der Waals surface area contributed by atoms with Crippen LogP contribution in [0.4, 0.5) is 5.69 Å². The molecule has 124 valence electrons. The Morgan fingerprint density at radius 3 is 2.48 bits per heavy atom. The highest BCUT2D eigenvalue weighted by atomic mass is 35.5. The number of carbonyl (C=O) groups excluding carboxylic acids is 1. The lowest BCUT2D eigenvalue weighted by Gasteiger charge is -2.37. The first kappa shape index (κ1) is 15.7. The van der Waals surface area contributed by atoms with Crippen molar-refractivity contribution >= 4 is 23.2 Å². The molecule has 1 aliphatic heterocycles. The predicted octanol–water partition coefficient (Wildman–Crippen LogP) is 5.43. The zero-order valence-electron chi connectivity index (χ0n) is 13.6. The monoisotopic (exact) mass is 349 g/mol. The number of phenolic OH excluding ortho intramolecular Hbond substituents is 1. The summed E-state index contributed by atoms with van der Waals surface area (Å²) in [6.07, 6.45) is 0. The number of halogens is 1. The first-order valence-electron chi connectivity index (χ1n) is 8.07. The molecule has 4 heteroatoms. The number of nitrogens with zero attached hydrogens (tertiary/aromatic N) is 1. The Balaban J connectivity index is 1.90. The SMILES string of the molecule is C[C@@H]1c2ccccc2-c2ccc(Cl)cc2N1C(=O)c1ccc(O)cc1. The molecular formula is C21H16ClNO2. The number of aromatic hydroxyl groups is 1. The van der Waals surface area contributed by atoms with E-state index in [2.05, 4.69) is 12.1 Å². The van der Waals surface area contributed by atoms with Gasteiger partial charge in [0.1, 0.15) is 5.75 Å². The first-order valence-corrected chi connectivity index (χ1v) is 8.45. The van der Waals surface area contributed by atoms with Crippen molar-refractivity contribution in [3.63, 3.8) is 0 Å². The molecule has 0 saturated heterocycles. The van der Waals surface area contributed by atoms with E-state index in [1.807, 2.05) is 37.3 Å². The van der Waals surface area contributed by atoms with Crippen molar-refractivity contribution in [1.29, 1.82) is 0 Å². The number of fused-ring (bicyclic) bond motifs is 3. The summed E-state index contributed by atoms with van der Waals surface area (Å²) in [5, 5.41) is 10.1. The third-order valence-electron chi connectivity index (χ3n) is 4.64. The maximum absolute atomic E-state index is 13.2. The molecule has 25 heavy (non-hydrogen) atoms. The largest absolute Gasteiger partial charge is 0.508 e. The molecule has 1 amide bonds. The van der Waals surface area contributed by atoms with Crippen molar-refractivity contribution in [3.8, 4) is 16.9 Å². The van der Waals surface area contributed by atoms with Crippen LogP contribution in [0.2, 0.25) is 5.02 Å². The molecule has 1 N–H and O–H groups in total. The third-order valence-corrected chi connectivity index (χ3v) is 4.88. The number of anilines is 1. The van der Waals surface area contributed by atoms with E-state index in [4.69, 9.17) is 11.6 Å². The van der Waals surface area contributed by atoms with Gasteiger partial charge in [0, 0.05) is 16.1 Å². The van der Waals surface area contributed by atoms with Gasteiger partial charge < -0.3 is 10.0 Å². The first-order chi connectivity index (χ1) is 12.1. The van der Waals surface area contributed by atoms with Crippen LogP contribution in [-0.2, 0) is 0 Å². The summed E-state index contributed by atoms with van der Waals surface area (Å²) in [5.74, 6) is 0.0163. The highest BCUT2D eigenvalue weighted by Gasteiger charge is 2.32. The van der Waals surface area contributed by atoms with Crippen LogP contribution in [0.1, 0.15) is 28.9 Å². The number of benzene rings is 3. The lowest BCUT2D eigenvalue weighted by molar-refractivity contribution is 0.0978. The zero-order chi connectivity index (χ0) is 17.6. The van der Waals surface area contributed by atoms with E-state index in [9.17, 15) is 9.90 Å². The van der Waals surface area contributed by atoms with E-state index in [1.54, 1.807) is 17.0 Å². The molecule has 1 aliphatic rings. The number of hydrogen-bond acceptors (Lipinski definition) is 2. The van der Waals surface area contributed by atoms with Gasteiger partial charge in [-0.3, -0.25) is 4.79 Å². The smallest absolute Gasteiger partial charge is 0.258 e. The van der Waals surface area contributed by atoms with Gasteiger partial charge in [0.15, 0.2) is 0 Å². The fourth-order valence-corrected chi connectivity index (χ4v) is 3.58. The molecular weight excluding hydrogens is 334 g/mol. The van der Waals surface area contributed by atoms with E-state index in [0.717, 1.165) is 22.4 Å². The molecule has 0 aliphatic carbocycles. The van der Waals surface area contributed by atoms with Crippen LogP contribution in [0.25, 0.3) is 11.1 Å². The van der Waals surface area contributed by atoms with Gasteiger partial charge in [-0.05, 0) is 54.4 Å². The molecule has 4 rings (SSSR count). The number of amides is 1. The summed E-state index contributed by atoms with van der Waals surface area (Å²) in [7, 11) is 0. The predicted molar refractivity (Wildman–Crippen MR) is 100 cm³/mol. The minimum absolute atomic E-state index is 0.120. The Morgan fingerprint density at radius 1 is 1.00 bits per heavy atom. The summed E-state index contributed by atoms with van der Waals surface area (Å²) >= 11 is 6.22. The molecule has 0 fully saturated rings. The van der Waals surface area contributed by atoms with Gasteiger partial charge in [0.25, 0.3) is 5.91 Å². The molecule has 3 aromatic rings. The van der Waals surface area contributed by atoms with Crippen molar-refractivity contribution in [1.82, 2.24) is 0 Å². The van der Waals surface area contributed by atoms with E-state index >= 15 is 0 Å². The minimum Gasteiger partial charge on any atom is -0.508 e. The topological polar surface area (TPSA) is 40.5 Å². The van der Waals surface area contributed by atoms with Crippen molar-refractivity contribution in [2.45, 2.75) is 13.0 Å². The number of hydrogen-bond donors (Lipinski definition) is 1. The highest BCUT2D eigenvalue weighted by Crippen LogP contribution is 2.46. The van der Waals surface area contributed by atoms with Gasteiger partial charge in [-0.1, -0.05) is 41.9 Å². The second-order valence-corrected chi connectivity index (χ2v) is 6.58. The normalized spacial score (nSPS) is 15.4. The van der Waals surface area contributed by atoms with Gasteiger partial charge in [0.05, 0.1) is 11.7 Å². The van der Waals surface area contributed by atoms with Crippen LogP contribution < -0.4 is 4.90 Å². The molecule has 3 nitrogen and oxygen atoms in total. The van der Waals surface area contributed by atoms with Crippen molar-refractivity contribution in [2.24, 2.45) is 0 Å². The molecule has 0 radical (unpaired) electrons. The average molecular weight is 350 g/mol. The third kappa shape index (κ3) is 2.57. The Labute approximate surface area is 151 Å². The molecule has 0 spiro atoms. The van der Waals surface area contributed by atoms with Crippen molar-refractivity contribution in [3.05, 3.63) is 82.9 Å². The molecule has 0 unspecified atom stereocenters. The molecule has 1 atom stereocenters. The van der Waals surface area contributed by atoms with Crippen molar-refractivity contribution in [2.75, 3.05) is 4.90 Å². The van der Waals surface area contributed by atoms with Crippen LogP contribution in [0.15, 0.2) is 66.7 Å². The summed E-state index contributed by atoms with van der Waals surface area (Å²) < 4.78 is 0. The van der Waals surface area contributed by atoms with E-state index in [-0.39, 0.29) is 17.7 Å². The number of rotatable bonds is 1. The standard InChI is InChI=1S/C21H16ClNO2/c1-13-17-4-2-3-5-18(17)19-11-8-15(22)12-20(19)23(13)21(25)14-6-9-16(24)10-7-14/h2-13,24H,1H3/t13-/m1/s1. The zero-order valence-corrected chi connectivity index (χ0v) is 14.4. The molecule has 0 aromatic heterocycles. The molecule has 0 saturated carbocycles. The molecule has 0 bridgehead atoms. The van der Waals surface area contributed by atoms with E-state index < -0.39 is 0 Å². The highest BCUT2D eigenvalue weighted by molar-refractivity contribution is 6.31. The van der Waals surface area contributed by atoms with Gasteiger partial charge in [-0.15, -0.1) is 0 Å². The van der Waals surface area contributed by atoms with E-state index in [0.29, 0.717) is 10.6 Å². The van der Waals surface area contributed by atoms with Crippen LogP contribution in [0.5, 0.6) is 5.75 Å². The number of carbonyl (C=O) groups is 1. The van der Waals surface area contributed by atoms with Gasteiger partial charge in [0.2, 0.25) is 0 Å². The fraction of sp³-hybridized carbons (Fsp3) is 0.0952. The second kappa shape index (κ2) is 5.94. The lowest BCUT2D eigenvalue weighted by Crippen LogP contribution is -2.36. The minimum atomic E-state index is -0.122. The van der Waals surface area contributed by atoms with Gasteiger partial charge in [-0.25, -0.2) is 0 Å². The van der Waals surface area contributed by atoms with Crippen LogP contribution in [0.3, 0.4) is 0 Å². The maximum atomic E-state index is 13.2. The van der Waals surface area contributed by atoms with Gasteiger partial charge >= 0.3 is 0 Å². The van der Waals surface area contributed by atoms with Crippen LogP contribution in [-0.4, -0.2) is 11.0 Å². The average Bonchev–Trinajstić information content (AvgIpc) is 2.62. The fourth-order valence-electron chi connectivity index (χ4n) is 3.41. The second-order valence-electron chi connectivity index (χ2n) is 6.15. The van der Waals surface area contributed by atoms with Crippen LogP contribution >= 0.6 is 11.6 Å². The van der Waals surface area contributed by atoms with Crippen LogP contribution in [0, 0.1) is 0 Å². The van der Waals surface area contributed by atoms with Crippen molar-refractivity contribution < 1.29 is 9.90 Å². The lowest BCUT2D eigenvalue weighted by atomic mass is 9.88. The molecule has 1 heterocycles. The quantitative estimate of drug-likeness (QED) is 0.636. The number of phenols is 1. The summed E-state index contributed by atoms with van der Waals surface area (Å²) in [6.45, 7) is 2.01. The Bertz CT molecular complexity index is 966. The molecule has 3 aromatic carbocycles.